The molecule has 0 bridgehead atoms. The molecule has 3 N–H and O–H groups in total. The zero-order valence-electron chi connectivity index (χ0n) is 11.4. The summed E-state index contributed by atoms with van der Waals surface area (Å²) in [6, 6.07) is 3.74. The minimum atomic E-state index is 0.118. The van der Waals surface area contributed by atoms with E-state index in [1.165, 1.54) is 38.5 Å². The molecule has 3 rings (SSSR count). The fraction of sp³-hybridized carbons (Fsp3) is 0.600. The van der Waals surface area contributed by atoms with Crippen LogP contribution >= 0.6 is 0 Å². The van der Waals surface area contributed by atoms with Gasteiger partial charge in [-0.2, -0.15) is 0 Å². The quantitative estimate of drug-likeness (QED) is 0.633. The number of nitrogens with two attached hydrogens (primary N) is 1. The zero-order valence-corrected chi connectivity index (χ0v) is 11.4. The number of hydrogen-bond acceptors (Lipinski definition) is 3. The van der Waals surface area contributed by atoms with Crippen molar-refractivity contribution in [3.63, 3.8) is 0 Å². The summed E-state index contributed by atoms with van der Waals surface area (Å²) in [5.74, 6) is 1.09. The zero-order chi connectivity index (χ0) is 13.3. The molecular weight excluding hydrogens is 236 g/mol. The smallest absolute Gasteiger partial charge is 0.129 e. The van der Waals surface area contributed by atoms with Crippen LogP contribution < -0.4 is 10.6 Å². The Bertz CT molecular complexity index is 467. The molecule has 102 valence electrons. The van der Waals surface area contributed by atoms with Gasteiger partial charge in [0.25, 0.3) is 0 Å². The molecular formula is C15H22N4. The summed E-state index contributed by atoms with van der Waals surface area (Å²) in [6.07, 6.45) is 10.0. The van der Waals surface area contributed by atoms with Crippen LogP contribution in [0.2, 0.25) is 0 Å². The maximum Gasteiger partial charge on any atom is 0.129 e. The summed E-state index contributed by atoms with van der Waals surface area (Å²) in [4.78, 5) is 6.78. The summed E-state index contributed by atoms with van der Waals surface area (Å²) in [7, 11) is 0. The Morgan fingerprint density at radius 2 is 1.89 bits per heavy atom. The highest BCUT2D eigenvalue weighted by Gasteiger charge is 2.37. The first-order valence-electron chi connectivity index (χ1n) is 7.24. The van der Waals surface area contributed by atoms with Crippen molar-refractivity contribution in [2.24, 2.45) is 11.1 Å². The maximum atomic E-state index is 7.51. The fourth-order valence-electron chi connectivity index (χ4n) is 3.59. The number of pyridine rings is 1. The van der Waals surface area contributed by atoms with Gasteiger partial charge in [0.2, 0.25) is 0 Å². The minimum absolute atomic E-state index is 0.118. The van der Waals surface area contributed by atoms with Gasteiger partial charge in [0.1, 0.15) is 11.7 Å². The lowest BCUT2D eigenvalue weighted by molar-refractivity contribution is 0.226. The van der Waals surface area contributed by atoms with Gasteiger partial charge in [-0.15, -0.1) is 0 Å². The molecule has 1 spiro atoms. The number of hydrogen-bond donors (Lipinski definition) is 2. The molecule has 1 aliphatic heterocycles. The second-order valence-electron chi connectivity index (χ2n) is 6.01. The van der Waals surface area contributed by atoms with Crippen molar-refractivity contribution in [1.29, 1.82) is 5.41 Å². The SMILES string of the molecule is N=C(N)c1ccnc(N2CCC3(CCCC3)CC2)c1. The number of piperidine rings is 1. The molecule has 2 heterocycles. The predicted octanol–water partition coefficient (Wildman–Crippen LogP) is 2.53. The molecule has 4 nitrogen and oxygen atoms in total. The topological polar surface area (TPSA) is 66.0 Å². The average molecular weight is 258 g/mol. The number of nitrogens with zero attached hydrogens (tertiary/aromatic N) is 2. The van der Waals surface area contributed by atoms with Crippen LogP contribution in [-0.2, 0) is 0 Å². The van der Waals surface area contributed by atoms with Crippen LogP contribution in [0.5, 0.6) is 0 Å². The first kappa shape index (κ1) is 12.5. The molecule has 4 heteroatoms. The number of nitrogen functional groups attached to an aromatic ring is 1. The van der Waals surface area contributed by atoms with Crippen LogP contribution in [0.15, 0.2) is 18.3 Å². The highest BCUT2D eigenvalue weighted by atomic mass is 15.2. The molecule has 0 aromatic carbocycles. The molecule has 0 atom stereocenters. The van der Waals surface area contributed by atoms with Crippen LogP contribution in [0, 0.1) is 10.8 Å². The van der Waals surface area contributed by atoms with Crippen LogP contribution in [0.25, 0.3) is 0 Å². The Labute approximate surface area is 114 Å². The summed E-state index contributed by atoms with van der Waals surface area (Å²) in [6.45, 7) is 2.18. The third-order valence-electron chi connectivity index (χ3n) is 4.87. The Morgan fingerprint density at radius 1 is 1.21 bits per heavy atom. The largest absolute Gasteiger partial charge is 0.384 e. The molecule has 1 saturated heterocycles. The van der Waals surface area contributed by atoms with E-state index in [2.05, 4.69) is 9.88 Å². The van der Waals surface area contributed by atoms with E-state index in [0.717, 1.165) is 24.5 Å². The lowest BCUT2D eigenvalue weighted by atomic mass is 9.77. The number of nitrogens with one attached hydrogen (secondary N) is 1. The van der Waals surface area contributed by atoms with Crippen molar-refractivity contribution >= 4 is 11.7 Å². The van der Waals surface area contributed by atoms with Gasteiger partial charge in [0.05, 0.1) is 0 Å². The fourth-order valence-corrected chi connectivity index (χ4v) is 3.59. The Balaban J connectivity index is 1.71. The van der Waals surface area contributed by atoms with E-state index >= 15 is 0 Å². The van der Waals surface area contributed by atoms with E-state index in [0.29, 0.717) is 5.41 Å². The first-order valence-corrected chi connectivity index (χ1v) is 7.24. The summed E-state index contributed by atoms with van der Waals surface area (Å²) in [5, 5.41) is 7.51. The number of amidine groups is 1. The van der Waals surface area contributed by atoms with E-state index in [-0.39, 0.29) is 5.84 Å². The third kappa shape index (κ3) is 2.44. The molecule has 1 aromatic rings. The number of rotatable bonds is 2. The maximum absolute atomic E-state index is 7.51. The van der Waals surface area contributed by atoms with E-state index in [1.807, 2.05) is 6.07 Å². The summed E-state index contributed by atoms with van der Waals surface area (Å²) in [5.41, 5.74) is 6.95. The Morgan fingerprint density at radius 3 is 2.53 bits per heavy atom. The van der Waals surface area contributed by atoms with Crippen LogP contribution in [0.4, 0.5) is 5.82 Å². The Kier molecular flexibility index (Phi) is 3.17. The van der Waals surface area contributed by atoms with E-state index in [1.54, 1.807) is 12.3 Å². The van der Waals surface area contributed by atoms with Gasteiger partial charge >= 0.3 is 0 Å². The standard InChI is InChI=1S/C15H22N4/c16-14(17)12-3-8-18-13(11-12)19-9-6-15(7-10-19)4-1-2-5-15/h3,8,11H,1-2,4-7,9-10H2,(H3,16,17). The Hall–Kier alpha value is -1.58. The van der Waals surface area contributed by atoms with Crippen LogP contribution in [-0.4, -0.2) is 23.9 Å². The van der Waals surface area contributed by atoms with E-state index in [4.69, 9.17) is 11.1 Å². The van der Waals surface area contributed by atoms with Gasteiger partial charge in [-0.1, -0.05) is 12.8 Å². The van der Waals surface area contributed by atoms with Crippen molar-refractivity contribution in [3.05, 3.63) is 23.9 Å². The minimum Gasteiger partial charge on any atom is -0.384 e. The lowest BCUT2D eigenvalue weighted by Gasteiger charge is -2.40. The van der Waals surface area contributed by atoms with Gasteiger partial charge < -0.3 is 10.6 Å². The normalized spacial score (nSPS) is 21.8. The van der Waals surface area contributed by atoms with Gasteiger partial charge in [0, 0.05) is 24.8 Å². The summed E-state index contributed by atoms with van der Waals surface area (Å²) < 4.78 is 0. The second kappa shape index (κ2) is 4.83. The van der Waals surface area contributed by atoms with E-state index < -0.39 is 0 Å². The van der Waals surface area contributed by atoms with Gasteiger partial charge in [-0.25, -0.2) is 4.98 Å². The molecule has 2 aliphatic rings. The number of aromatic nitrogens is 1. The molecule has 1 saturated carbocycles. The van der Waals surface area contributed by atoms with Crippen molar-refractivity contribution < 1.29 is 0 Å². The van der Waals surface area contributed by atoms with Crippen molar-refractivity contribution in [2.45, 2.75) is 38.5 Å². The van der Waals surface area contributed by atoms with E-state index in [9.17, 15) is 0 Å². The van der Waals surface area contributed by atoms with Crippen LogP contribution in [0.1, 0.15) is 44.1 Å². The molecule has 0 unspecified atom stereocenters. The highest BCUT2D eigenvalue weighted by Crippen LogP contribution is 2.46. The molecule has 1 aromatic heterocycles. The first-order chi connectivity index (χ1) is 9.19. The molecule has 0 radical (unpaired) electrons. The monoisotopic (exact) mass is 258 g/mol. The van der Waals surface area contributed by atoms with Gasteiger partial charge in [-0.3, -0.25) is 5.41 Å². The van der Waals surface area contributed by atoms with Gasteiger partial charge in [0.15, 0.2) is 0 Å². The van der Waals surface area contributed by atoms with Crippen molar-refractivity contribution in [1.82, 2.24) is 4.98 Å². The second-order valence-corrected chi connectivity index (χ2v) is 6.01. The molecule has 19 heavy (non-hydrogen) atoms. The predicted molar refractivity (Wildman–Crippen MR) is 77.6 cm³/mol. The third-order valence-corrected chi connectivity index (χ3v) is 4.87. The van der Waals surface area contributed by atoms with Gasteiger partial charge in [-0.05, 0) is 43.2 Å². The highest BCUT2D eigenvalue weighted by molar-refractivity contribution is 5.95. The molecule has 0 amide bonds. The van der Waals surface area contributed by atoms with Crippen molar-refractivity contribution in [2.75, 3.05) is 18.0 Å². The molecule has 1 aliphatic carbocycles. The summed E-state index contributed by atoms with van der Waals surface area (Å²) >= 11 is 0. The lowest BCUT2D eigenvalue weighted by Crippen LogP contribution is -2.39. The molecule has 2 fully saturated rings. The average Bonchev–Trinajstić information content (AvgIpc) is 2.88. The van der Waals surface area contributed by atoms with Crippen LogP contribution in [0.3, 0.4) is 0 Å². The van der Waals surface area contributed by atoms with Crippen molar-refractivity contribution in [3.8, 4) is 0 Å². The number of anilines is 1.